The molecule has 1 unspecified atom stereocenters. The number of aromatic nitrogens is 3. The van der Waals surface area contributed by atoms with Crippen molar-refractivity contribution in [1.29, 1.82) is 0 Å². The van der Waals surface area contributed by atoms with Crippen LogP contribution in [0.15, 0.2) is 36.5 Å². The number of carbonyl (C=O) groups is 1. The van der Waals surface area contributed by atoms with Crippen LogP contribution in [0.3, 0.4) is 0 Å². The number of hydrogen-bond donors (Lipinski definition) is 2. The Balaban J connectivity index is 2.06. The van der Waals surface area contributed by atoms with Gasteiger partial charge in [-0.05, 0) is 59.7 Å². The fourth-order valence-corrected chi connectivity index (χ4v) is 3.14. The summed E-state index contributed by atoms with van der Waals surface area (Å²) in [7, 11) is 0. The van der Waals surface area contributed by atoms with Gasteiger partial charge in [-0.25, -0.2) is 4.39 Å². The van der Waals surface area contributed by atoms with Gasteiger partial charge < -0.3 is 15.2 Å². The molecule has 0 aliphatic heterocycles. The van der Waals surface area contributed by atoms with Crippen LogP contribution >= 0.6 is 0 Å². The Bertz CT molecular complexity index is 1130. The van der Waals surface area contributed by atoms with Crippen LogP contribution in [0.4, 0.5) is 4.39 Å². The molecule has 0 radical (unpaired) electrons. The van der Waals surface area contributed by atoms with Crippen LogP contribution in [0.1, 0.15) is 64.9 Å². The van der Waals surface area contributed by atoms with E-state index in [9.17, 15) is 14.3 Å². The first kappa shape index (κ1) is 23.7. The van der Waals surface area contributed by atoms with Gasteiger partial charge in [-0.3, -0.25) is 14.5 Å². The molecule has 1 atom stereocenters. The molecule has 7 nitrogen and oxygen atoms in total. The van der Waals surface area contributed by atoms with E-state index in [1.807, 2.05) is 19.9 Å². The van der Waals surface area contributed by atoms with Crippen molar-refractivity contribution in [3.8, 4) is 17.0 Å². The second kappa shape index (κ2) is 8.50. The van der Waals surface area contributed by atoms with Crippen molar-refractivity contribution >= 4 is 16.9 Å². The molecule has 0 fully saturated rings. The van der Waals surface area contributed by atoms with E-state index in [0.29, 0.717) is 28.0 Å². The van der Waals surface area contributed by atoms with E-state index in [1.54, 1.807) is 56.6 Å². The quantitative estimate of drug-likeness (QED) is 0.556. The highest BCUT2D eigenvalue weighted by molar-refractivity contribution is 5.99. The molecule has 2 aromatic heterocycles. The van der Waals surface area contributed by atoms with Gasteiger partial charge in [0.1, 0.15) is 17.0 Å². The summed E-state index contributed by atoms with van der Waals surface area (Å²) >= 11 is 0. The lowest BCUT2D eigenvalue weighted by atomic mass is 9.86. The number of halogens is 1. The zero-order chi connectivity index (χ0) is 23.8. The lowest BCUT2D eigenvalue weighted by Gasteiger charge is -2.37. The molecular formula is C24H31FN4O3. The number of alkyl halides is 1. The fourth-order valence-electron chi connectivity index (χ4n) is 3.14. The number of pyridine rings is 1. The number of nitrogens with one attached hydrogen (secondary N) is 1. The van der Waals surface area contributed by atoms with Crippen molar-refractivity contribution in [2.24, 2.45) is 0 Å². The smallest absolute Gasteiger partial charge is 0.253 e. The maximum absolute atomic E-state index is 13.3. The number of ether oxygens (including phenoxy) is 1. The Hall–Kier alpha value is -3.00. The zero-order valence-electron chi connectivity index (χ0n) is 19.6. The standard InChI is InChI=1S/C24H31FN4O3/c1-14(2)29-19-12-17(22(30)27-23(4,5)24(6,7)31)13-26-21(19)20(28-29)16-9-8-10-18(11-16)32-15(3)25/h8-15,31H,1-7H3,(H,27,30). The lowest BCUT2D eigenvalue weighted by Crippen LogP contribution is -2.57. The molecule has 0 aliphatic carbocycles. The van der Waals surface area contributed by atoms with Crippen molar-refractivity contribution < 1.29 is 19.0 Å². The number of amides is 1. The number of rotatable bonds is 7. The highest BCUT2D eigenvalue weighted by atomic mass is 19.1. The topological polar surface area (TPSA) is 89.3 Å². The number of benzene rings is 1. The first-order valence-corrected chi connectivity index (χ1v) is 10.6. The van der Waals surface area contributed by atoms with Gasteiger partial charge in [0.2, 0.25) is 6.36 Å². The van der Waals surface area contributed by atoms with E-state index in [-0.39, 0.29) is 11.9 Å². The van der Waals surface area contributed by atoms with Gasteiger partial charge in [0, 0.05) is 24.7 Å². The summed E-state index contributed by atoms with van der Waals surface area (Å²) in [6.07, 6.45) is 0.0698. The van der Waals surface area contributed by atoms with E-state index in [2.05, 4.69) is 10.3 Å². The summed E-state index contributed by atoms with van der Waals surface area (Å²) < 4.78 is 20.3. The molecule has 3 rings (SSSR count). The normalized spacial score (nSPS) is 13.4. The van der Waals surface area contributed by atoms with Crippen LogP contribution in [0.5, 0.6) is 5.75 Å². The van der Waals surface area contributed by atoms with Crippen molar-refractivity contribution in [2.75, 3.05) is 0 Å². The largest absolute Gasteiger partial charge is 0.461 e. The molecule has 8 heteroatoms. The Labute approximate surface area is 187 Å². The predicted molar refractivity (Wildman–Crippen MR) is 122 cm³/mol. The molecule has 0 saturated carbocycles. The van der Waals surface area contributed by atoms with Gasteiger partial charge >= 0.3 is 0 Å². The summed E-state index contributed by atoms with van der Waals surface area (Å²) in [5.41, 5.74) is 1.09. The van der Waals surface area contributed by atoms with E-state index < -0.39 is 17.5 Å². The molecule has 2 N–H and O–H groups in total. The lowest BCUT2D eigenvalue weighted by molar-refractivity contribution is -0.00293. The van der Waals surface area contributed by atoms with Crippen LogP contribution in [-0.4, -0.2) is 43.3 Å². The molecule has 0 spiro atoms. The monoisotopic (exact) mass is 442 g/mol. The molecule has 32 heavy (non-hydrogen) atoms. The maximum Gasteiger partial charge on any atom is 0.253 e. The van der Waals surface area contributed by atoms with E-state index in [4.69, 9.17) is 9.84 Å². The van der Waals surface area contributed by atoms with Gasteiger partial charge in [-0.2, -0.15) is 5.10 Å². The van der Waals surface area contributed by atoms with Crippen molar-refractivity contribution in [2.45, 2.75) is 72.0 Å². The van der Waals surface area contributed by atoms with Crippen LogP contribution in [-0.2, 0) is 0 Å². The van der Waals surface area contributed by atoms with Gasteiger partial charge in [0.25, 0.3) is 5.91 Å². The van der Waals surface area contributed by atoms with Gasteiger partial charge in [-0.1, -0.05) is 12.1 Å². The SMILES string of the molecule is CC(F)Oc1cccc(-c2nn(C(C)C)c3cc(C(=O)NC(C)(C)C(C)(C)O)cnc23)c1. The molecule has 1 amide bonds. The minimum absolute atomic E-state index is 0.0180. The molecule has 1 aromatic carbocycles. The molecule has 0 bridgehead atoms. The summed E-state index contributed by atoms with van der Waals surface area (Å²) in [6.45, 7) is 12.1. The minimum atomic E-state index is -1.43. The molecule has 0 aliphatic rings. The van der Waals surface area contributed by atoms with Crippen molar-refractivity contribution in [1.82, 2.24) is 20.1 Å². The van der Waals surface area contributed by atoms with Crippen molar-refractivity contribution in [3.63, 3.8) is 0 Å². The third kappa shape index (κ3) is 4.75. The van der Waals surface area contributed by atoms with Gasteiger partial charge in [0.15, 0.2) is 0 Å². The fraction of sp³-hybridized carbons (Fsp3) is 0.458. The van der Waals surface area contributed by atoms with Gasteiger partial charge in [-0.15, -0.1) is 0 Å². The number of fused-ring (bicyclic) bond motifs is 1. The van der Waals surface area contributed by atoms with Gasteiger partial charge in [0.05, 0.1) is 22.2 Å². The average molecular weight is 443 g/mol. The van der Waals surface area contributed by atoms with Crippen LogP contribution in [0, 0.1) is 0 Å². The summed E-state index contributed by atoms with van der Waals surface area (Å²) in [5, 5.41) is 18.0. The third-order valence-corrected chi connectivity index (χ3v) is 5.66. The van der Waals surface area contributed by atoms with Crippen LogP contribution in [0.2, 0.25) is 0 Å². The molecule has 172 valence electrons. The predicted octanol–water partition coefficient (Wildman–Crippen LogP) is 4.65. The first-order chi connectivity index (χ1) is 14.8. The van der Waals surface area contributed by atoms with Crippen LogP contribution < -0.4 is 10.1 Å². The first-order valence-electron chi connectivity index (χ1n) is 10.6. The highest BCUT2D eigenvalue weighted by Crippen LogP contribution is 2.31. The molecular weight excluding hydrogens is 411 g/mol. The number of hydrogen-bond acceptors (Lipinski definition) is 5. The molecule has 0 saturated heterocycles. The second-order valence-corrected chi connectivity index (χ2v) is 9.31. The third-order valence-electron chi connectivity index (χ3n) is 5.66. The number of carbonyl (C=O) groups excluding carboxylic acids is 1. The second-order valence-electron chi connectivity index (χ2n) is 9.31. The Kier molecular flexibility index (Phi) is 6.29. The number of aliphatic hydroxyl groups is 1. The van der Waals surface area contributed by atoms with Crippen LogP contribution in [0.25, 0.3) is 22.3 Å². The van der Waals surface area contributed by atoms with E-state index in [1.165, 1.54) is 13.1 Å². The average Bonchev–Trinajstić information content (AvgIpc) is 3.05. The Morgan fingerprint density at radius 2 is 1.88 bits per heavy atom. The Morgan fingerprint density at radius 1 is 1.19 bits per heavy atom. The number of nitrogens with zero attached hydrogens (tertiary/aromatic N) is 3. The Morgan fingerprint density at radius 3 is 2.47 bits per heavy atom. The zero-order valence-corrected chi connectivity index (χ0v) is 19.6. The summed E-state index contributed by atoms with van der Waals surface area (Å²) in [4.78, 5) is 17.5. The summed E-state index contributed by atoms with van der Waals surface area (Å²) in [5.74, 6) is 0.0616. The highest BCUT2D eigenvalue weighted by Gasteiger charge is 2.36. The molecule has 3 aromatic rings. The van der Waals surface area contributed by atoms with Crippen molar-refractivity contribution in [3.05, 3.63) is 42.1 Å². The molecule has 2 heterocycles. The summed E-state index contributed by atoms with van der Waals surface area (Å²) in [6, 6.07) is 8.80. The van der Waals surface area contributed by atoms with E-state index >= 15 is 0 Å². The minimum Gasteiger partial charge on any atom is -0.461 e. The maximum atomic E-state index is 13.3. The van der Waals surface area contributed by atoms with E-state index in [0.717, 1.165) is 5.56 Å².